The van der Waals surface area contributed by atoms with E-state index < -0.39 is 0 Å². The van der Waals surface area contributed by atoms with E-state index in [1.54, 1.807) is 0 Å². The molecule has 2 heteroatoms. The van der Waals surface area contributed by atoms with Crippen LogP contribution in [0.3, 0.4) is 0 Å². The Morgan fingerprint density at radius 2 is 1.56 bits per heavy atom. The average Bonchev–Trinajstić information content (AvgIpc) is 2.38. The van der Waals surface area contributed by atoms with E-state index >= 15 is 0 Å². The Morgan fingerprint density at radius 3 is 2.22 bits per heavy atom. The highest BCUT2D eigenvalue weighted by Gasteiger charge is 2.24. The van der Waals surface area contributed by atoms with E-state index in [9.17, 15) is 0 Å². The third-order valence-electron chi connectivity index (χ3n) is 4.57. The van der Waals surface area contributed by atoms with Gasteiger partial charge in [-0.05, 0) is 44.2 Å². The molecule has 0 aromatic carbocycles. The lowest BCUT2D eigenvalue weighted by Gasteiger charge is -2.36. The minimum atomic E-state index is 0.425. The number of piperidine rings is 1. The molecule has 0 bridgehead atoms. The van der Waals surface area contributed by atoms with Crippen molar-refractivity contribution < 1.29 is 0 Å². The third-order valence-corrected chi connectivity index (χ3v) is 4.57. The highest BCUT2D eigenvalue weighted by atomic mass is 15.1. The second-order valence-electron chi connectivity index (χ2n) is 7.22. The van der Waals surface area contributed by atoms with E-state index in [1.165, 1.54) is 77.5 Å². The first-order valence-corrected chi connectivity index (χ1v) is 8.11. The third kappa shape index (κ3) is 4.89. The molecule has 1 N–H and O–H groups in total. The van der Waals surface area contributed by atoms with Crippen molar-refractivity contribution in [2.24, 2.45) is 5.41 Å². The molecule has 18 heavy (non-hydrogen) atoms. The van der Waals surface area contributed by atoms with Crippen molar-refractivity contribution in [1.82, 2.24) is 10.2 Å². The maximum absolute atomic E-state index is 3.82. The predicted molar refractivity (Wildman–Crippen MR) is 78.9 cm³/mol. The predicted octanol–water partition coefficient (Wildman–Crippen LogP) is 3.42. The average molecular weight is 252 g/mol. The number of nitrogens with one attached hydrogen (secondary N) is 1. The van der Waals surface area contributed by atoms with Crippen molar-refractivity contribution in [3.63, 3.8) is 0 Å². The van der Waals surface area contributed by atoms with E-state index in [0.29, 0.717) is 5.41 Å². The second kappa shape index (κ2) is 6.91. The molecule has 2 rings (SSSR count). The van der Waals surface area contributed by atoms with Crippen molar-refractivity contribution in [3.05, 3.63) is 0 Å². The molecular weight excluding hydrogens is 220 g/mol. The van der Waals surface area contributed by atoms with Gasteiger partial charge in [-0.25, -0.2) is 0 Å². The zero-order valence-electron chi connectivity index (χ0n) is 12.5. The van der Waals surface area contributed by atoms with Crippen LogP contribution in [0.5, 0.6) is 0 Å². The summed E-state index contributed by atoms with van der Waals surface area (Å²) in [6.07, 6.45) is 11.4. The molecule has 1 heterocycles. The summed E-state index contributed by atoms with van der Waals surface area (Å²) in [6.45, 7) is 9.97. The molecule has 0 aromatic heterocycles. The van der Waals surface area contributed by atoms with Gasteiger partial charge in [0.25, 0.3) is 0 Å². The van der Waals surface area contributed by atoms with Crippen LogP contribution in [0.15, 0.2) is 0 Å². The molecule has 1 saturated carbocycles. The fourth-order valence-corrected chi connectivity index (χ4v) is 3.51. The lowest BCUT2D eigenvalue weighted by Crippen LogP contribution is -2.45. The SMILES string of the molecule is CC(C)(CNC1CCCCC1)CN1CCCCC1. The molecule has 106 valence electrons. The zero-order chi connectivity index (χ0) is 12.8. The number of rotatable bonds is 5. The number of hydrogen-bond donors (Lipinski definition) is 1. The normalized spacial score (nSPS) is 24.3. The molecule has 0 spiro atoms. The van der Waals surface area contributed by atoms with E-state index in [1.807, 2.05) is 0 Å². The van der Waals surface area contributed by atoms with Crippen LogP contribution in [0.1, 0.15) is 65.2 Å². The Labute approximate surface area is 114 Å². The summed E-state index contributed by atoms with van der Waals surface area (Å²) in [7, 11) is 0. The summed E-state index contributed by atoms with van der Waals surface area (Å²) in [4.78, 5) is 2.67. The van der Waals surface area contributed by atoms with Crippen molar-refractivity contribution in [2.45, 2.75) is 71.3 Å². The Hall–Kier alpha value is -0.0800. The van der Waals surface area contributed by atoms with Gasteiger partial charge in [0.1, 0.15) is 0 Å². The van der Waals surface area contributed by atoms with Crippen LogP contribution in [-0.4, -0.2) is 37.1 Å². The summed E-state index contributed by atoms with van der Waals surface area (Å²) in [5, 5.41) is 3.82. The van der Waals surface area contributed by atoms with Crippen LogP contribution in [0, 0.1) is 5.41 Å². The quantitative estimate of drug-likeness (QED) is 0.806. The monoisotopic (exact) mass is 252 g/mol. The molecule has 2 aliphatic rings. The molecule has 0 unspecified atom stereocenters. The first kappa shape index (κ1) is 14.3. The molecule has 0 amide bonds. The molecule has 0 aromatic rings. The summed E-state index contributed by atoms with van der Waals surface area (Å²) >= 11 is 0. The molecule has 1 aliphatic heterocycles. The fraction of sp³-hybridized carbons (Fsp3) is 1.00. The fourth-order valence-electron chi connectivity index (χ4n) is 3.51. The molecular formula is C16H32N2. The summed E-state index contributed by atoms with van der Waals surface area (Å²) in [5.41, 5.74) is 0.425. The van der Waals surface area contributed by atoms with Gasteiger partial charge in [0.05, 0.1) is 0 Å². The van der Waals surface area contributed by atoms with Crippen LogP contribution in [0.2, 0.25) is 0 Å². The Bertz CT molecular complexity index is 225. The topological polar surface area (TPSA) is 15.3 Å². The van der Waals surface area contributed by atoms with Gasteiger partial charge in [-0.3, -0.25) is 0 Å². The largest absolute Gasteiger partial charge is 0.313 e. The molecule has 2 fully saturated rings. The van der Waals surface area contributed by atoms with Gasteiger partial charge in [-0.2, -0.15) is 0 Å². The van der Waals surface area contributed by atoms with Crippen LogP contribution in [0.25, 0.3) is 0 Å². The Balaban J connectivity index is 1.68. The van der Waals surface area contributed by atoms with E-state index in [2.05, 4.69) is 24.1 Å². The molecule has 2 nitrogen and oxygen atoms in total. The summed E-state index contributed by atoms with van der Waals surface area (Å²) in [5.74, 6) is 0. The number of nitrogens with zero attached hydrogens (tertiary/aromatic N) is 1. The minimum Gasteiger partial charge on any atom is -0.313 e. The number of hydrogen-bond acceptors (Lipinski definition) is 2. The number of likely N-dealkylation sites (tertiary alicyclic amines) is 1. The zero-order valence-corrected chi connectivity index (χ0v) is 12.5. The first-order chi connectivity index (χ1) is 8.66. The van der Waals surface area contributed by atoms with Gasteiger partial charge in [-0.15, -0.1) is 0 Å². The van der Waals surface area contributed by atoms with Crippen molar-refractivity contribution in [2.75, 3.05) is 26.2 Å². The van der Waals surface area contributed by atoms with Crippen LogP contribution >= 0.6 is 0 Å². The van der Waals surface area contributed by atoms with E-state index in [0.717, 1.165) is 6.04 Å². The van der Waals surface area contributed by atoms with Crippen molar-refractivity contribution >= 4 is 0 Å². The van der Waals surface area contributed by atoms with Gasteiger partial charge in [-0.1, -0.05) is 39.5 Å². The van der Waals surface area contributed by atoms with E-state index in [-0.39, 0.29) is 0 Å². The van der Waals surface area contributed by atoms with Gasteiger partial charge in [0, 0.05) is 19.1 Å². The van der Waals surface area contributed by atoms with Gasteiger partial charge in [0.15, 0.2) is 0 Å². The Kier molecular flexibility index (Phi) is 5.50. The van der Waals surface area contributed by atoms with Gasteiger partial charge in [0.2, 0.25) is 0 Å². The lowest BCUT2D eigenvalue weighted by molar-refractivity contribution is 0.146. The van der Waals surface area contributed by atoms with Crippen molar-refractivity contribution in [3.8, 4) is 0 Å². The molecule has 0 radical (unpaired) electrons. The molecule has 0 atom stereocenters. The smallest absolute Gasteiger partial charge is 0.00673 e. The van der Waals surface area contributed by atoms with Crippen LogP contribution in [0.4, 0.5) is 0 Å². The van der Waals surface area contributed by atoms with Crippen LogP contribution in [-0.2, 0) is 0 Å². The summed E-state index contributed by atoms with van der Waals surface area (Å²) < 4.78 is 0. The van der Waals surface area contributed by atoms with Crippen LogP contribution < -0.4 is 5.32 Å². The van der Waals surface area contributed by atoms with Gasteiger partial charge < -0.3 is 10.2 Å². The second-order valence-corrected chi connectivity index (χ2v) is 7.22. The first-order valence-electron chi connectivity index (χ1n) is 8.11. The molecule has 1 aliphatic carbocycles. The maximum atomic E-state index is 3.82. The lowest BCUT2D eigenvalue weighted by atomic mass is 9.89. The van der Waals surface area contributed by atoms with Gasteiger partial charge >= 0.3 is 0 Å². The maximum Gasteiger partial charge on any atom is 0.00673 e. The highest BCUT2D eigenvalue weighted by molar-refractivity contribution is 4.81. The Morgan fingerprint density at radius 1 is 0.944 bits per heavy atom. The highest BCUT2D eigenvalue weighted by Crippen LogP contribution is 2.22. The van der Waals surface area contributed by atoms with E-state index in [4.69, 9.17) is 0 Å². The molecule has 1 saturated heterocycles. The standard InChI is InChI=1S/C16H32N2/c1-16(2,14-18-11-7-4-8-12-18)13-17-15-9-5-3-6-10-15/h15,17H,3-14H2,1-2H3. The minimum absolute atomic E-state index is 0.425. The van der Waals surface area contributed by atoms with Crippen molar-refractivity contribution in [1.29, 1.82) is 0 Å². The summed E-state index contributed by atoms with van der Waals surface area (Å²) in [6, 6.07) is 0.805.